The second-order valence-corrected chi connectivity index (χ2v) is 7.01. The van der Waals surface area contributed by atoms with E-state index in [-0.39, 0.29) is 10.7 Å². The number of amides is 2. The minimum absolute atomic E-state index is 0.0385. The number of halogens is 1. The van der Waals surface area contributed by atoms with E-state index >= 15 is 0 Å². The van der Waals surface area contributed by atoms with Crippen molar-refractivity contribution in [3.05, 3.63) is 58.0 Å². The average molecular weight is 419 g/mol. The van der Waals surface area contributed by atoms with Crippen LogP contribution in [-0.4, -0.2) is 16.9 Å². The molecule has 0 atom stereocenters. The molecule has 0 unspecified atom stereocenters. The fraction of sp³-hybridized carbons (Fsp3) is 0.167. The average Bonchev–Trinajstić information content (AvgIpc) is 2.97. The van der Waals surface area contributed by atoms with Crippen LogP contribution in [0.25, 0.3) is 6.08 Å². The molecule has 128 valence electrons. The van der Waals surface area contributed by atoms with Crippen molar-refractivity contribution in [1.29, 1.82) is 0 Å². The Bertz CT molecular complexity index is 884. The standard InChI is InChI=1S/C18H15BrN2O3S/c1-10(2)11-3-5-12(6-4-11)21-17(23)14(16(22)20-18(21)25)9-13-7-8-15(19)24-13/h3-10H,1-2H3,(H,20,22,25)/b14-9+. The van der Waals surface area contributed by atoms with E-state index in [1.165, 1.54) is 11.0 Å². The van der Waals surface area contributed by atoms with E-state index in [2.05, 4.69) is 35.1 Å². The predicted molar refractivity (Wildman–Crippen MR) is 103 cm³/mol. The lowest BCUT2D eigenvalue weighted by Gasteiger charge is -2.29. The Labute approximate surface area is 158 Å². The van der Waals surface area contributed by atoms with Crippen molar-refractivity contribution in [2.75, 3.05) is 4.90 Å². The molecule has 0 saturated carbocycles. The first kappa shape index (κ1) is 17.6. The van der Waals surface area contributed by atoms with Crippen molar-refractivity contribution >= 4 is 56.8 Å². The highest BCUT2D eigenvalue weighted by atomic mass is 79.9. The molecule has 2 aromatic rings. The van der Waals surface area contributed by atoms with Crippen LogP contribution in [0.15, 0.2) is 51.1 Å². The maximum atomic E-state index is 12.8. The molecule has 1 aromatic heterocycles. The van der Waals surface area contributed by atoms with Crippen molar-refractivity contribution in [1.82, 2.24) is 5.32 Å². The van der Waals surface area contributed by atoms with Crippen LogP contribution in [0.2, 0.25) is 0 Å². The van der Waals surface area contributed by atoms with Crippen molar-refractivity contribution in [2.45, 2.75) is 19.8 Å². The highest BCUT2D eigenvalue weighted by Crippen LogP contribution is 2.25. The van der Waals surface area contributed by atoms with Gasteiger partial charge in [-0.15, -0.1) is 0 Å². The molecule has 0 radical (unpaired) electrons. The minimum Gasteiger partial charge on any atom is -0.450 e. The van der Waals surface area contributed by atoms with Crippen molar-refractivity contribution in [2.24, 2.45) is 0 Å². The van der Waals surface area contributed by atoms with Crippen LogP contribution >= 0.6 is 28.1 Å². The Morgan fingerprint density at radius 1 is 1.16 bits per heavy atom. The summed E-state index contributed by atoms with van der Waals surface area (Å²) in [7, 11) is 0. The molecule has 1 N–H and O–H groups in total. The lowest BCUT2D eigenvalue weighted by atomic mass is 10.0. The molecule has 1 aliphatic rings. The Balaban J connectivity index is 1.96. The number of hydrogen-bond donors (Lipinski definition) is 1. The summed E-state index contributed by atoms with van der Waals surface area (Å²) in [5, 5.41) is 2.61. The van der Waals surface area contributed by atoms with Crippen molar-refractivity contribution < 1.29 is 14.0 Å². The molecule has 3 rings (SSSR count). The van der Waals surface area contributed by atoms with Gasteiger partial charge in [0.2, 0.25) is 0 Å². The number of carbonyl (C=O) groups excluding carboxylic acids is 2. The number of carbonyl (C=O) groups is 2. The Morgan fingerprint density at radius 3 is 2.40 bits per heavy atom. The minimum atomic E-state index is -0.544. The summed E-state index contributed by atoms with van der Waals surface area (Å²) in [4.78, 5) is 26.3. The smallest absolute Gasteiger partial charge is 0.270 e. The quantitative estimate of drug-likeness (QED) is 0.464. The molecule has 0 aliphatic carbocycles. The SMILES string of the molecule is CC(C)c1ccc(N2C(=O)/C(=C/c3ccc(Br)o3)C(=O)NC2=S)cc1. The first-order chi connectivity index (χ1) is 11.9. The number of rotatable bonds is 3. The maximum Gasteiger partial charge on any atom is 0.270 e. The van der Waals surface area contributed by atoms with Gasteiger partial charge in [0, 0.05) is 0 Å². The third-order valence-electron chi connectivity index (χ3n) is 3.80. The van der Waals surface area contributed by atoms with Gasteiger partial charge in [-0.25, -0.2) is 0 Å². The molecule has 0 bridgehead atoms. The number of anilines is 1. The van der Waals surface area contributed by atoms with E-state index < -0.39 is 11.8 Å². The van der Waals surface area contributed by atoms with E-state index in [4.69, 9.17) is 16.6 Å². The third-order valence-corrected chi connectivity index (χ3v) is 4.51. The van der Waals surface area contributed by atoms with E-state index in [0.29, 0.717) is 22.0 Å². The molecule has 1 aliphatic heterocycles. The van der Waals surface area contributed by atoms with E-state index in [1.807, 2.05) is 24.3 Å². The zero-order valence-electron chi connectivity index (χ0n) is 13.6. The Hall–Kier alpha value is -2.25. The van der Waals surface area contributed by atoms with Gasteiger partial charge in [0.05, 0.1) is 5.69 Å². The second-order valence-electron chi connectivity index (χ2n) is 5.85. The molecule has 0 spiro atoms. The van der Waals surface area contributed by atoms with Gasteiger partial charge < -0.3 is 4.42 Å². The van der Waals surface area contributed by atoms with Crippen LogP contribution in [0.5, 0.6) is 0 Å². The molecule has 1 fully saturated rings. The normalized spacial score (nSPS) is 16.7. The highest BCUT2D eigenvalue weighted by Gasteiger charge is 2.34. The zero-order valence-corrected chi connectivity index (χ0v) is 16.0. The van der Waals surface area contributed by atoms with Crippen molar-refractivity contribution in [3.8, 4) is 0 Å². The molecular formula is C18H15BrN2O3S. The summed E-state index contributed by atoms with van der Waals surface area (Å²) in [6.45, 7) is 4.18. The van der Waals surface area contributed by atoms with Gasteiger partial charge >= 0.3 is 0 Å². The van der Waals surface area contributed by atoms with Crippen LogP contribution in [-0.2, 0) is 9.59 Å². The van der Waals surface area contributed by atoms with Gasteiger partial charge in [-0.05, 0) is 70.0 Å². The number of furan rings is 1. The molecule has 1 saturated heterocycles. The molecule has 2 heterocycles. The van der Waals surface area contributed by atoms with E-state index in [9.17, 15) is 9.59 Å². The number of nitrogens with one attached hydrogen (secondary N) is 1. The molecule has 25 heavy (non-hydrogen) atoms. The van der Waals surface area contributed by atoms with Gasteiger partial charge in [-0.3, -0.25) is 19.8 Å². The number of thiocarbonyl (C=S) groups is 1. The second kappa shape index (κ2) is 6.93. The number of hydrogen-bond acceptors (Lipinski definition) is 4. The highest BCUT2D eigenvalue weighted by molar-refractivity contribution is 9.10. The van der Waals surface area contributed by atoms with Crippen LogP contribution in [0.1, 0.15) is 31.1 Å². The van der Waals surface area contributed by atoms with Gasteiger partial charge in [-0.1, -0.05) is 26.0 Å². The van der Waals surface area contributed by atoms with Gasteiger partial charge in [-0.2, -0.15) is 0 Å². The third kappa shape index (κ3) is 3.57. The number of benzene rings is 1. The largest absolute Gasteiger partial charge is 0.450 e. The summed E-state index contributed by atoms with van der Waals surface area (Å²) in [5.74, 6) is -0.255. The summed E-state index contributed by atoms with van der Waals surface area (Å²) in [5.41, 5.74) is 1.72. The topological polar surface area (TPSA) is 62.6 Å². The van der Waals surface area contributed by atoms with Gasteiger partial charge in [0.15, 0.2) is 9.78 Å². The maximum absolute atomic E-state index is 12.8. The molecule has 1 aromatic carbocycles. The molecule has 2 amide bonds. The van der Waals surface area contributed by atoms with Crippen LogP contribution in [0.4, 0.5) is 5.69 Å². The van der Waals surface area contributed by atoms with Gasteiger partial charge in [0.25, 0.3) is 11.8 Å². The summed E-state index contributed by atoms with van der Waals surface area (Å²) in [6.07, 6.45) is 1.40. The summed E-state index contributed by atoms with van der Waals surface area (Å²) >= 11 is 8.38. The molecule has 5 nitrogen and oxygen atoms in total. The lowest BCUT2D eigenvalue weighted by molar-refractivity contribution is -0.122. The first-order valence-electron chi connectivity index (χ1n) is 7.63. The van der Waals surface area contributed by atoms with E-state index in [0.717, 1.165) is 5.56 Å². The van der Waals surface area contributed by atoms with Crippen LogP contribution in [0, 0.1) is 0 Å². The van der Waals surface area contributed by atoms with Crippen molar-refractivity contribution in [3.63, 3.8) is 0 Å². The predicted octanol–water partition coefficient (Wildman–Crippen LogP) is 4.00. The molecule has 7 heteroatoms. The first-order valence-corrected chi connectivity index (χ1v) is 8.83. The molecular weight excluding hydrogens is 404 g/mol. The monoisotopic (exact) mass is 418 g/mol. The van der Waals surface area contributed by atoms with E-state index in [1.54, 1.807) is 12.1 Å². The Morgan fingerprint density at radius 2 is 1.84 bits per heavy atom. The fourth-order valence-electron chi connectivity index (χ4n) is 2.45. The fourth-order valence-corrected chi connectivity index (χ4v) is 3.05. The van der Waals surface area contributed by atoms with Gasteiger partial charge in [0.1, 0.15) is 11.3 Å². The zero-order chi connectivity index (χ0) is 18.1. The van der Waals surface area contributed by atoms with Crippen LogP contribution < -0.4 is 10.2 Å². The number of nitrogens with zero attached hydrogens (tertiary/aromatic N) is 1. The van der Waals surface area contributed by atoms with Crippen LogP contribution in [0.3, 0.4) is 0 Å². The summed E-state index contributed by atoms with van der Waals surface area (Å²) in [6, 6.07) is 10.9. The lowest BCUT2D eigenvalue weighted by Crippen LogP contribution is -2.54. The Kier molecular flexibility index (Phi) is 4.87. The summed E-state index contributed by atoms with van der Waals surface area (Å²) < 4.78 is 5.86.